The maximum atomic E-state index is 13.5. The summed E-state index contributed by atoms with van der Waals surface area (Å²) in [4.78, 5) is 11.8. The molecule has 0 heterocycles. The highest BCUT2D eigenvalue weighted by atomic mass is 79.9. The van der Waals surface area contributed by atoms with Crippen LogP contribution in [0.2, 0.25) is 0 Å². The molecule has 0 aliphatic carbocycles. The number of carbonyl (C=O) groups excluding carboxylic acids is 1. The van der Waals surface area contributed by atoms with Gasteiger partial charge in [-0.2, -0.15) is 0 Å². The molecular weight excluding hydrogens is 365 g/mol. The minimum absolute atomic E-state index is 0.118. The van der Waals surface area contributed by atoms with Gasteiger partial charge in [-0.25, -0.2) is 9.18 Å². The first-order chi connectivity index (χ1) is 10.6. The van der Waals surface area contributed by atoms with Crippen molar-refractivity contribution in [1.82, 2.24) is 5.32 Å². The Morgan fingerprint density at radius 2 is 2.00 bits per heavy atom. The number of benzene rings is 1. The van der Waals surface area contributed by atoms with E-state index in [-0.39, 0.29) is 19.0 Å². The molecule has 0 saturated carbocycles. The molecule has 0 aliphatic rings. The molecule has 0 aliphatic heterocycles. The summed E-state index contributed by atoms with van der Waals surface area (Å²) in [5.41, 5.74) is -0.380. The number of hydrogen-bond donors (Lipinski definition) is 2. The summed E-state index contributed by atoms with van der Waals surface area (Å²) >= 11 is 3.27. The van der Waals surface area contributed by atoms with Crippen LogP contribution in [0.4, 0.5) is 9.18 Å². The molecule has 0 saturated heterocycles. The van der Waals surface area contributed by atoms with E-state index < -0.39 is 17.1 Å². The van der Waals surface area contributed by atoms with Gasteiger partial charge >= 0.3 is 6.09 Å². The van der Waals surface area contributed by atoms with Crippen molar-refractivity contribution in [3.63, 3.8) is 0 Å². The summed E-state index contributed by atoms with van der Waals surface area (Å²) in [6.45, 7) is 7.43. The van der Waals surface area contributed by atoms with Crippen LogP contribution in [-0.4, -0.2) is 30.0 Å². The first-order valence-electron chi connectivity index (χ1n) is 7.62. The molecule has 6 heteroatoms. The Morgan fingerprint density at radius 3 is 2.48 bits per heavy atom. The normalized spacial score (nSPS) is 14.2. The molecule has 1 aromatic carbocycles. The van der Waals surface area contributed by atoms with Gasteiger partial charge in [0.25, 0.3) is 0 Å². The maximum absolute atomic E-state index is 13.5. The van der Waals surface area contributed by atoms with Gasteiger partial charge in [-0.1, -0.05) is 22.9 Å². The summed E-state index contributed by atoms with van der Waals surface area (Å²) in [6, 6.07) is 4.64. The van der Waals surface area contributed by atoms with E-state index in [1.165, 1.54) is 12.1 Å². The number of carbonyl (C=O) groups is 1. The van der Waals surface area contributed by atoms with Gasteiger partial charge in [0.15, 0.2) is 0 Å². The zero-order valence-electron chi connectivity index (χ0n) is 14.1. The molecule has 2 N–H and O–H groups in total. The van der Waals surface area contributed by atoms with E-state index in [4.69, 9.17) is 4.74 Å². The maximum Gasteiger partial charge on any atom is 0.407 e. The standard InChI is InChI=1S/C17H25BrFNO3/c1-5-17(11-21,10-20-15(22)23-16(2,3)4)9-12-6-13(18)8-14(19)7-12/h6-8,21H,5,9-11H2,1-4H3,(H,20,22). The van der Waals surface area contributed by atoms with Crippen LogP contribution in [0.5, 0.6) is 0 Å². The second-order valence-corrected chi connectivity index (χ2v) is 7.74. The van der Waals surface area contributed by atoms with Crippen LogP contribution in [-0.2, 0) is 11.2 Å². The molecule has 23 heavy (non-hydrogen) atoms. The van der Waals surface area contributed by atoms with Crippen molar-refractivity contribution in [3.05, 3.63) is 34.1 Å². The zero-order chi connectivity index (χ0) is 17.7. The first-order valence-corrected chi connectivity index (χ1v) is 8.41. The van der Waals surface area contributed by atoms with Gasteiger partial charge in [0.1, 0.15) is 11.4 Å². The Morgan fingerprint density at radius 1 is 1.35 bits per heavy atom. The molecule has 1 unspecified atom stereocenters. The average Bonchev–Trinajstić information content (AvgIpc) is 2.40. The number of amides is 1. The lowest BCUT2D eigenvalue weighted by molar-refractivity contribution is 0.0461. The molecule has 1 atom stereocenters. The summed E-state index contributed by atoms with van der Waals surface area (Å²) in [5.74, 6) is -0.336. The molecule has 0 radical (unpaired) electrons. The van der Waals surface area contributed by atoms with Crippen molar-refractivity contribution in [3.8, 4) is 0 Å². The predicted molar refractivity (Wildman–Crippen MR) is 91.9 cm³/mol. The highest BCUT2D eigenvalue weighted by molar-refractivity contribution is 9.10. The lowest BCUT2D eigenvalue weighted by Crippen LogP contribution is -2.43. The monoisotopic (exact) mass is 389 g/mol. The van der Waals surface area contributed by atoms with Gasteiger partial charge in [-0.3, -0.25) is 0 Å². The van der Waals surface area contributed by atoms with E-state index in [1.807, 2.05) is 13.0 Å². The van der Waals surface area contributed by atoms with Gasteiger partial charge in [0.2, 0.25) is 0 Å². The second-order valence-electron chi connectivity index (χ2n) is 6.82. The number of alkyl carbamates (subject to hydrolysis) is 1. The van der Waals surface area contributed by atoms with E-state index in [2.05, 4.69) is 21.2 Å². The third-order valence-corrected chi connectivity index (χ3v) is 4.05. The van der Waals surface area contributed by atoms with Crippen molar-refractivity contribution in [2.75, 3.05) is 13.2 Å². The van der Waals surface area contributed by atoms with Crippen LogP contribution in [0.15, 0.2) is 22.7 Å². The second kappa shape index (κ2) is 8.11. The smallest absolute Gasteiger partial charge is 0.407 e. The molecule has 4 nitrogen and oxygen atoms in total. The number of rotatable bonds is 6. The largest absolute Gasteiger partial charge is 0.444 e. The fourth-order valence-electron chi connectivity index (χ4n) is 2.26. The van der Waals surface area contributed by atoms with Crippen LogP contribution >= 0.6 is 15.9 Å². The Kier molecular flexibility index (Phi) is 7.02. The number of halogens is 2. The van der Waals surface area contributed by atoms with E-state index >= 15 is 0 Å². The Bertz CT molecular complexity index is 519. The SMILES string of the molecule is CCC(CO)(CNC(=O)OC(C)(C)C)Cc1cc(F)cc(Br)c1. The fourth-order valence-corrected chi connectivity index (χ4v) is 2.77. The summed E-state index contributed by atoms with van der Waals surface area (Å²) in [5, 5.41) is 12.5. The highest BCUT2D eigenvalue weighted by Gasteiger charge is 2.29. The van der Waals surface area contributed by atoms with Crippen LogP contribution in [0.1, 0.15) is 39.7 Å². The van der Waals surface area contributed by atoms with E-state index in [0.29, 0.717) is 17.3 Å². The number of aliphatic hydroxyl groups is 1. The van der Waals surface area contributed by atoms with Gasteiger partial charge in [-0.15, -0.1) is 0 Å². The molecule has 0 bridgehead atoms. The van der Waals surface area contributed by atoms with Gasteiger partial charge in [0, 0.05) is 16.4 Å². The van der Waals surface area contributed by atoms with Crippen LogP contribution in [0, 0.1) is 11.2 Å². The molecule has 0 fully saturated rings. The highest BCUT2D eigenvalue weighted by Crippen LogP contribution is 2.28. The van der Waals surface area contributed by atoms with Crippen LogP contribution in [0.25, 0.3) is 0 Å². The quantitative estimate of drug-likeness (QED) is 0.771. The zero-order valence-corrected chi connectivity index (χ0v) is 15.7. The summed E-state index contributed by atoms with van der Waals surface area (Å²) in [7, 11) is 0. The topological polar surface area (TPSA) is 58.6 Å². The van der Waals surface area contributed by atoms with E-state index in [1.54, 1.807) is 20.8 Å². The van der Waals surface area contributed by atoms with Crippen molar-refractivity contribution in [2.24, 2.45) is 5.41 Å². The third-order valence-electron chi connectivity index (χ3n) is 3.59. The Labute approximate surface area is 145 Å². The minimum atomic E-state index is -0.578. The molecule has 130 valence electrons. The number of aliphatic hydroxyl groups excluding tert-OH is 1. The summed E-state index contributed by atoms with van der Waals surface area (Å²) < 4.78 is 19.4. The minimum Gasteiger partial charge on any atom is -0.444 e. The first kappa shape index (κ1) is 19.9. The fraction of sp³-hybridized carbons (Fsp3) is 0.588. The molecular formula is C17H25BrFNO3. The van der Waals surface area contributed by atoms with Crippen molar-refractivity contribution >= 4 is 22.0 Å². The molecule has 0 spiro atoms. The average molecular weight is 390 g/mol. The molecule has 1 amide bonds. The van der Waals surface area contributed by atoms with Gasteiger partial charge < -0.3 is 15.2 Å². The Hall–Kier alpha value is -1.14. The lowest BCUT2D eigenvalue weighted by Gasteiger charge is -2.31. The van der Waals surface area contributed by atoms with Crippen molar-refractivity contribution in [2.45, 2.75) is 46.1 Å². The number of ether oxygens (including phenoxy) is 1. The molecule has 1 rings (SSSR count). The predicted octanol–water partition coefficient (Wildman–Crippen LogP) is 4.04. The van der Waals surface area contributed by atoms with Crippen LogP contribution < -0.4 is 5.32 Å². The number of hydrogen-bond acceptors (Lipinski definition) is 3. The van der Waals surface area contributed by atoms with Crippen LogP contribution in [0.3, 0.4) is 0 Å². The number of nitrogens with one attached hydrogen (secondary N) is 1. The lowest BCUT2D eigenvalue weighted by atomic mass is 9.80. The van der Waals surface area contributed by atoms with Crippen molar-refractivity contribution in [1.29, 1.82) is 0 Å². The van der Waals surface area contributed by atoms with E-state index in [0.717, 1.165) is 5.56 Å². The van der Waals surface area contributed by atoms with Gasteiger partial charge in [-0.05, 0) is 57.4 Å². The van der Waals surface area contributed by atoms with Gasteiger partial charge in [0.05, 0.1) is 6.61 Å². The molecule has 0 aromatic heterocycles. The van der Waals surface area contributed by atoms with Crippen molar-refractivity contribution < 1.29 is 19.0 Å². The molecule has 1 aromatic rings. The van der Waals surface area contributed by atoms with E-state index in [9.17, 15) is 14.3 Å². The summed E-state index contributed by atoms with van der Waals surface area (Å²) in [6.07, 6.45) is 0.559. The Balaban J connectivity index is 2.80. The third kappa shape index (κ3) is 6.87.